The summed E-state index contributed by atoms with van der Waals surface area (Å²) in [5, 5.41) is 12.8. The van der Waals surface area contributed by atoms with Gasteiger partial charge in [0, 0.05) is 17.3 Å². The van der Waals surface area contributed by atoms with Crippen LogP contribution in [0.15, 0.2) is 48.5 Å². The first-order valence-electron chi connectivity index (χ1n) is 6.89. The third-order valence-corrected chi connectivity index (χ3v) is 3.71. The maximum atomic E-state index is 11.2. The molecule has 4 heteroatoms. The van der Waals surface area contributed by atoms with Crippen molar-refractivity contribution in [1.29, 1.82) is 0 Å². The van der Waals surface area contributed by atoms with Gasteiger partial charge in [-0.25, -0.2) is 4.79 Å². The standard InChI is InChI=1S/C17H18ClNO2/c1-12(13-5-3-2-4-6-13)9-10-19-16-8-7-14(18)11-15(16)17(20)21/h2-8,11-12,19H,9-10H2,1H3,(H,20,21). The van der Waals surface area contributed by atoms with E-state index in [-0.39, 0.29) is 5.56 Å². The minimum atomic E-state index is -0.976. The molecule has 2 aromatic rings. The second-order valence-corrected chi connectivity index (χ2v) is 5.46. The second-order valence-electron chi connectivity index (χ2n) is 5.02. The fraction of sp³-hybridized carbons (Fsp3) is 0.235. The van der Waals surface area contributed by atoms with Gasteiger partial charge in [0.05, 0.1) is 5.56 Å². The van der Waals surface area contributed by atoms with E-state index in [9.17, 15) is 9.90 Å². The van der Waals surface area contributed by atoms with E-state index in [0.717, 1.165) is 6.42 Å². The SMILES string of the molecule is CC(CCNc1ccc(Cl)cc1C(=O)O)c1ccccc1. The zero-order valence-electron chi connectivity index (χ0n) is 11.8. The lowest BCUT2D eigenvalue weighted by atomic mass is 9.98. The highest BCUT2D eigenvalue weighted by atomic mass is 35.5. The number of carboxylic acid groups (broad SMARTS) is 1. The van der Waals surface area contributed by atoms with Crippen LogP contribution in [0.2, 0.25) is 5.02 Å². The number of rotatable bonds is 6. The van der Waals surface area contributed by atoms with Gasteiger partial charge in [0.1, 0.15) is 0 Å². The molecular weight excluding hydrogens is 286 g/mol. The fourth-order valence-electron chi connectivity index (χ4n) is 2.22. The van der Waals surface area contributed by atoms with Crippen LogP contribution in [0.5, 0.6) is 0 Å². The molecule has 0 aliphatic rings. The lowest BCUT2D eigenvalue weighted by Gasteiger charge is -2.14. The molecule has 1 atom stereocenters. The van der Waals surface area contributed by atoms with Gasteiger partial charge in [-0.05, 0) is 36.1 Å². The Morgan fingerprint density at radius 3 is 2.62 bits per heavy atom. The molecule has 0 aliphatic carbocycles. The Kier molecular flexibility index (Phi) is 5.23. The average molecular weight is 304 g/mol. The monoisotopic (exact) mass is 303 g/mol. The van der Waals surface area contributed by atoms with Crippen molar-refractivity contribution < 1.29 is 9.90 Å². The molecule has 2 N–H and O–H groups in total. The minimum Gasteiger partial charge on any atom is -0.478 e. The largest absolute Gasteiger partial charge is 0.478 e. The molecule has 0 saturated carbocycles. The van der Waals surface area contributed by atoms with E-state index in [1.54, 1.807) is 12.1 Å². The highest BCUT2D eigenvalue weighted by Gasteiger charge is 2.11. The van der Waals surface area contributed by atoms with E-state index < -0.39 is 5.97 Å². The maximum absolute atomic E-state index is 11.2. The van der Waals surface area contributed by atoms with E-state index in [0.29, 0.717) is 23.2 Å². The van der Waals surface area contributed by atoms with Crippen molar-refractivity contribution in [2.24, 2.45) is 0 Å². The predicted octanol–water partition coefficient (Wildman–Crippen LogP) is 4.64. The predicted molar refractivity (Wildman–Crippen MR) is 86.4 cm³/mol. The second kappa shape index (κ2) is 7.14. The summed E-state index contributed by atoms with van der Waals surface area (Å²) in [6, 6.07) is 15.1. The van der Waals surface area contributed by atoms with Crippen molar-refractivity contribution in [3.63, 3.8) is 0 Å². The summed E-state index contributed by atoms with van der Waals surface area (Å²) < 4.78 is 0. The number of carbonyl (C=O) groups is 1. The quantitative estimate of drug-likeness (QED) is 0.817. The number of halogens is 1. The van der Waals surface area contributed by atoms with Gasteiger partial charge < -0.3 is 10.4 Å². The van der Waals surface area contributed by atoms with Crippen LogP contribution >= 0.6 is 11.6 Å². The van der Waals surface area contributed by atoms with Crippen LogP contribution in [0.25, 0.3) is 0 Å². The molecule has 0 aromatic heterocycles. The van der Waals surface area contributed by atoms with Gasteiger partial charge in [-0.3, -0.25) is 0 Å². The highest BCUT2D eigenvalue weighted by Crippen LogP contribution is 2.22. The van der Waals surface area contributed by atoms with E-state index >= 15 is 0 Å². The summed E-state index contributed by atoms with van der Waals surface area (Å²) in [7, 11) is 0. The van der Waals surface area contributed by atoms with Crippen LogP contribution in [0.1, 0.15) is 35.2 Å². The van der Waals surface area contributed by atoms with Crippen molar-refractivity contribution in [3.8, 4) is 0 Å². The number of nitrogens with one attached hydrogen (secondary N) is 1. The third-order valence-electron chi connectivity index (χ3n) is 3.47. The zero-order valence-corrected chi connectivity index (χ0v) is 12.6. The van der Waals surface area contributed by atoms with Crippen LogP contribution in [-0.2, 0) is 0 Å². The van der Waals surface area contributed by atoms with Gasteiger partial charge in [0.15, 0.2) is 0 Å². The molecule has 0 radical (unpaired) electrons. The molecule has 0 bridgehead atoms. The van der Waals surface area contributed by atoms with Gasteiger partial charge in [0.25, 0.3) is 0 Å². The number of benzene rings is 2. The molecule has 0 heterocycles. The Bertz CT molecular complexity index is 613. The topological polar surface area (TPSA) is 49.3 Å². The van der Waals surface area contributed by atoms with Crippen LogP contribution in [0, 0.1) is 0 Å². The van der Waals surface area contributed by atoms with Gasteiger partial charge in [0.2, 0.25) is 0 Å². The van der Waals surface area contributed by atoms with Gasteiger partial charge in [-0.15, -0.1) is 0 Å². The smallest absolute Gasteiger partial charge is 0.337 e. The van der Waals surface area contributed by atoms with Gasteiger partial charge >= 0.3 is 5.97 Å². The third kappa shape index (κ3) is 4.23. The Morgan fingerprint density at radius 2 is 1.95 bits per heavy atom. The number of anilines is 1. The molecule has 0 amide bonds. The summed E-state index contributed by atoms with van der Waals surface area (Å²) in [5.41, 5.74) is 2.09. The summed E-state index contributed by atoms with van der Waals surface area (Å²) in [6.45, 7) is 2.87. The highest BCUT2D eigenvalue weighted by molar-refractivity contribution is 6.31. The van der Waals surface area contributed by atoms with Crippen molar-refractivity contribution in [3.05, 3.63) is 64.7 Å². The molecule has 2 rings (SSSR count). The van der Waals surface area contributed by atoms with E-state index in [2.05, 4.69) is 24.4 Å². The Balaban J connectivity index is 1.96. The molecule has 21 heavy (non-hydrogen) atoms. The van der Waals surface area contributed by atoms with Crippen LogP contribution in [0.4, 0.5) is 5.69 Å². The Hall–Kier alpha value is -2.00. The molecule has 0 fully saturated rings. The van der Waals surface area contributed by atoms with E-state index in [4.69, 9.17) is 11.6 Å². The average Bonchev–Trinajstić information content (AvgIpc) is 2.49. The molecule has 2 aromatic carbocycles. The summed E-state index contributed by atoms with van der Waals surface area (Å²) in [6.07, 6.45) is 0.922. The summed E-state index contributed by atoms with van der Waals surface area (Å²) in [4.78, 5) is 11.2. The Morgan fingerprint density at radius 1 is 1.24 bits per heavy atom. The van der Waals surface area contributed by atoms with E-state index in [1.165, 1.54) is 11.6 Å². The number of hydrogen-bond donors (Lipinski definition) is 2. The lowest BCUT2D eigenvalue weighted by molar-refractivity contribution is 0.0698. The van der Waals surface area contributed by atoms with Crippen molar-refractivity contribution in [2.45, 2.75) is 19.3 Å². The molecule has 0 saturated heterocycles. The number of hydrogen-bond acceptors (Lipinski definition) is 2. The van der Waals surface area contributed by atoms with Crippen LogP contribution in [0.3, 0.4) is 0 Å². The molecule has 3 nitrogen and oxygen atoms in total. The summed E-state index contributed by atoms with van der Waals surface area (Å²) >= 11 is 5.83. The normalized spacial score (nSPS) is 11.9. The van der Waals surface area contributed by atoms with Crippen LogP contribution < -0.4 is 5.32 Å². The first-order valence-corrected chi connectivity index (χ1v) is 7.27. The lowest BCUT2D eigenvalue weighted by Crippen LogP contribution is -2.09. The van der Waals surface area contributed by atoms with Crippen LogP contribution in [-0.4, -0.2) is 17.6 Å². The molecule has 0 spiro atoms. The van der Waals surface area contributed by atoms with Gasteiger partial charge in [-0.2, -0.15) is 0 Å². The molecule has 110 valence electrons. The fourth-order valence-corrected chi connectivity index (χ4v) is 2.39. The number of carboxylic acids is 1. The van der Waals surface area contributed by atoms with Crippen molar-refractivity contribution in [2.75, 3.05) is 11.9 Å². The number of aromatic carboxylic acids is 1. The van der Waals surface area contributed by atoms with E-state index in [1.807, 2.05) is 18.2 Å². The molecular formula is C17H18ClNO2. The van der Waals surface area contributed by atoms with Crippen molar-refractivity contribution >= 4 is 23.3 Å². The van der Waals surface area contributed by atoms with Gasteiger partial charge in [-0.1, -0.05) is 48.9 Å². The first kappa shape index (κ1) is 15.4. The zero-order chi connectivity index (χ0) is 15.2. The summed E-state index contributed by atoms with van der Waals surface area (Å²) in [5.74, 6) is -0.560. The minimum absolute atomic E-state index is 0.204. The van der Waals surface area contributed by atoms with Crippen molar-refractivity contribution in [1.82, 2.24) is 0 Å². The first-order chi connectivity index (χ1) is 10.1. The molecule has 1 unspecified atom stereocenters. The molecule has 0 aliphatic heterocycles. The Labute approximate surface area is 129 Å². The maximum Gasteiger partial charge on any atom is 0.337 e.